The zero-order chi connectivity index (χ0) is 21.9. The predicted octanol–water partition coefficient (Wildman–Crippen LogP) is 3.94. The Labute approximate surface area is 177 Å². The molecule has 0 aliphatic carbocycles. The Morgan fingerprint density at radius 3 is 2.17 bits per heavy atom. The number of thiazole rings is 1. The van der Waals surface area contributed by atoms with E-state index in [1.165, 1.54) is 36.5 Å². The lowest BCUT2D eigenvalue weighted by Crippen LogP contribution is -2.04. The molecule has 154 valence electrons. The predicted molar refractivity (Wildman–Crippen MR) is 117 cm³/mol. The lowest BCUT2D eigenvalue weighted by Gasteiger charge is -2.05. The Balaban J connectivity index is 2.04. The molecular formula is C21H18N2O5S2. The standard InChI is InChI=1S/C21H18N2O5S2/c1-13(24)22-21-23-19(15-6-3-14(4-7-15)5-12-18(25)26)20(29-21)16-8-10-17(11-9-16)30(2,27)28/h3-12H,1-2H3,(H,25,26)(H,22,23,24). The Hall–Kier alpha value is -3.30. The molecule has 1 aromatic heterocycles. The first-order valence-corrected chi connectivity index (χ1v) is 11.4. The summed E-state index contributed by atoms with van der Waals surface area (Å²) in [6.45, 7) is 1.39. The Morgan fingerprint density at radius 2 is 1.63 bits per heavy atom. The molecule has 3 aromatic rings. The summed E-state index contributed by atoms with van der Waals surface area (Å²) in [6, 6.07) is 13.6. The number of aliphatic carboxylic acids is 1. The number of nitrogens with zero attached hydrogens (tertiary/aromatic N) is 1. The lowest BCUT2D eigenvalue weighted by molar-refractivity contribution is -0.131. The molecular weight excluding hydrogens is 424 g/mol. The first-order chi connectivity index (χ1) is 14.1. The molecule has 0 radical (unpaired) electrons. The third-order valence-electron chi connectivity index (χ3n) is 4.06. The third-order valence-corrected chi connectivity index (χ3v) is 6.21. The van der Waals surface area contributed by atoms with E-state index in [0.717, 1.165) is 33.9 Å². The van der Waals surface area contributed by atoms with Crippen molar-refractivity contribution in [3.05, 3.63) is 60.2 Å². The van der Waals surface area contributed by atoms with Gasteiger partial charge in [0.05, 0.1) is 15.5 Å². The summed E-state index contributed by atoms with van der Waals surface area (Å²) in [4.78, 5) is 27.7. The van der Waals surface area contributed by atoms with Gasteiger partial charge in [-0.2, -0.15) is 0 Å². The molecule has 0 saturated heterocycles. The van der Waals surface area contributed by atoms with Gasteiger partial charge in [0.25, 0.3) is 0 Å². The van der Waals surface area contributed by atoms with Crippen molar-refractivity contribution in [2.24, 2.45) is 0 Å². The van der Waals surface area contributed by atoms with Gasteiger partial charge in [0.1, 0.15) is 0 Å². The maximum atomic E-state index is 11.7. The largest absolute Gasteiger partial charge is 0.478 e. The number of hydrogen-bond acceptors (Lipinski definition) is 6. The van der Waals surface area contributed by atoms with Crippen molar-refractivity contribution in [3.8, 4) is 21.7 Å². The average molecular weight is 443 g/mol. The molecule has 30 heavy (non-hydrogen) atoms. The number of anilines is 1. The molecule has 9 heteroatoms. The molecule has 3 rings (SSSR count). The van der Waals surface area contributed by atoms with Crippen LogP contribution in [0.5, 0.6) is 0 Å². The molecule has 0 saturated carbocycles. The number of carboxylic acids is 1. The van der Waals surface area contributed by atoms with Gasteiger partial charge in [0.2, 0.25) is 5.91 Å². The fraction of sp³-hybridized carbons (Fsp3) is 0.0952. The fourth-order valence-electron chi connectivity index (χ4n) is 2.69. The van der Waals surface area contributed by atoms with E-state index in [0.29, 0.717) is 10.8 Å². The second kappa shape index (κ2) is 8.60. The fourth-order valence-corrected chi connectivity index (χ4v) is 4.36. The van der Waals surface area contributed by atoms with Gasteiger partial charge in [0.15, 0.2) is 15.0 Å². The zero-order valence-corrected chi connectivity index (χ0v) is 17.8. The molecule has 0 fully saturated rings. The van der Waals surface area contributed by atoms with Crippen molar-refractivity contribution in [2.45, 2.75) is 11.8 Å². The zero-order valence-electron chi connectivity index (χ0n) is 16.1. The van der Waals surface area contributed by atoms with Gasteiger partial charge in [-0.25, -0.2) is 18.2 Å². The second-order valence-electron chi connectivity index (χ2n) is 6.47. The Kier molecular flexibility index (Phi) is 6.14. The number of carbonyl (C=O) groups is 2. The molecule has 0 unspecified atom stereocenters. The number of rotatable bonds is 6. The van der Waals surface area contributed by atoms with Crippen LogP contribution in [0.2, 0.25) is 0 Å². The highest BCUT2D eigenvalue weighted by atomic mass is 32.2. The molecule has 0 bridgehead atoms. The number of amides is 1. The topological polar surface area (TPSA) is 113 Å². The molecule has 1 heterocycles. The Morgan fingerprint density at radius 1 is 1.03 bits per heavy atom. The maximum Gasteiger partial charge on any atom is 0.328 e. The van der Waals surface area contributed by atoms with Crippen LogP contribution >= 0.6 is 11.3 Å². The summed E-state index contributed by atoms with van der Waals surface area (Å²) in [5.41, 5.74) is 2.89. The average Bonchev–Trinajstić information content (AvgIpc) is 3.09. The minimum Gasteiger partial charge on any atom is -0.478 e. The first kappa shape index (κ1) is 21.4. The van der Waals surface area contributed by atoms with E-state index in [-0.39, 0.29) is 10.8 Å². The van der Waals surface area contributed by atoms with Crippen LogP contribution in [0.3, 0.4) is 0 Å². The highest BCUT2D eigenvalue weighted by molar-refractivity contribution is 7.90. The van der Waals surface area contributed by atoms with Gasteiger partial charge in [-0.05, 0) is 29.3 Å². The molecule has 1 amide bonds. The summed E-state index contributed by atoms with van der Waals surface area (Å²) in [5.74, 6) is -1.28. The number of aromatic nitrogens is 1. The number of carboxylic acid groups (broad SMARTS) is 1. The van der Waals surface area contributed by atoms with Gasteiger partial charge in [0, 0.05) is 24.8 Å². The summed E-state index contributed by atoms with van der Waals surface area (Å²) in [7, 11) is -3.31. The van der Waals surface area contributed by atoms with Crippen molar-refractivity contribution in [1.82, 2.24) is 4.98 Å². The SMILES string of the molecule is CC(=O)Nc1nc(-c2ccc(C=CC(=O)O)cc2)c(-c2ccc(S(C)(=O)=O)cc2)s1. The molecule has 0 atom stereocenters. The van der Waals surface area contributed by atoms with Crippen LogP contribution in [0.15, 0.2) is 59.5 Å². The van der Waals surface area contributed by atoms with Crippen LogP contribution in [-0.2, 0) is 19.4 Å². The van der Waals surface area contributed by atoms with Gasteiger partial charge in [-0.15, -0.1) is 0 Å². The van der Waals surface area contributed by atoms with Gasteiger partial charge < -0.3 is 10.4 Å². The first-order valence-electron chi connectivity index (χ1n) is 8.74. The molecule has 0 aliphatic rings. The molecule has 2 aromatic carbocycles. The molecule has 0 spiro atoms. The number of sulfone groups is 1. The van der Waals surface area contributed by atoms with Crippen molar-refractivity contribution in [3.63, 3.8) is 0 Å². The quantitative estimate of drug-likeness (QED) is 0.559. The van der Waals surface area contributed by atoms with Crippen LogP contribution in [0.25, 0.3) is 27.8 Å². The number of hydrogen-bond donors (Lipinski definition) is 2. The van der Waals surface area contributed by atoms with Gasteiger partial charge in [-0.1, -0.05) is 47.7 Å². The van der Waals surface area contributed by atoms with Crippen LogP contribution in [0, 0.1) is 0 Å². The highest BCUT2D eigenvalue weighted by Gasteiger charge is 2.17. The summed E-state index contributed by atoms with van der Waals surface area (Å²) < 4.78 is 23.4. The van der Waals surface area contributed by atoms with E-state index in [1.807, 2.05) is 12.1 Å². The Bertz CT molecular complexity index is 1230. The van der Waals surface area contributed by atoms with Crippen LogP contribution in [0.1, 0.15) is 12.5 Å². The van der Waals surface area contributed by atoms with E-state index >= 15 is 0 Å². The summed E-state index contributed by atoms with van der Waals surface area (Å²) in [5, 5.41) is 11.9. The van der Waals surface area contributed by atoms with E-state index in [4.69, 9.17) is 5.11 Å². The minimum atomic E-state index is -3.31. The van der Waals surface area contributed by atoms with Crippen molar-refractivity contribution in [1.29, 1.82) is 0 Å². The molecule has 2 N–H and O–H groups in total. The van der Waals surface area contributed by atoms with Gasteiger partial charge in [-0.3, -0.25) is 4.79 Å². The number of benzene rings is 2. The van der Waals surface area contributed by atoms with Crippen molar-refractivity contribution in [2.75, 3.05) is 11.6 Å². The van der Waals surface area contributed by atoms with Crippen LogP contribution < -0.4 is 5.32 Å². The van der Waals surface area contributed by atoms with E-state index in [2.05, 4.69) is 10.3 Å². The van der Waals surface area contributed by atoms with Crippen molar-refractivity contribution < 1.29 is 23.1 Å². The van der Waals surface area contributed by atoms with Gasteiger partial charge >= 0.3 is 5.97 Å². The van der Waals surface area contributed by atoms with Crippen molar-refractivity contribution >= 4 is 44.3 Å². The van der Waals surface area contributed by atoms with E-state index in [9.17, 15) is 18.0 Å². The van der Waals surface area contributed by atoms with E-state index < -0.39 is 15.8 Å². The molecule has 0 aliphatic heterocycles. The third kappa shape index (κ3) is 5.19. The van der Waals surface area contributed by atoms with Crippen LogP contribution in [0.4, 0.5) is 5.13 Å². The number of nitrogens with one attached hydrogen (secondary N) is 1. The highest BCUT2D eigenvalue weighted by Crippen LogP contribution is 2.39. The second-order valence-corrected chi connectivity index (χ2v) is 9.48. The van der Waals surface area contributed by atoms with Crippen LogP contribution in [-0.4, -0.2) is 36.6 Å². The monoisotopic (exact) mass is 442 g/mol. The minimum absolute atomic E-state index is 0.217. The normalized spacial score (nSPS) is 11.5. The summed E-state index contributed by atoms with van der Waals surface area (Å²) in [6.07, 6.45) is 3.69. The summed E-state index contributed by atoms with van der Waals surface area (Å²) >= 11 is 1.28. The lowest BCUT2D eigenvalue weighted by atomic mass is 10.0. The van der Waals surface area contributed by atoms with E-state index in [1.54, 1.807) is 24.3 Å². The smallest absolute Gasteiger partial charge is 0.328 e. The molecule has 7 nitrogen and oxygen atoms in total. The number of carbonyl (C=O) groups excluding carboxylic acids is 1. The maximum absolute atomic E-state index is 11.7.